The summed E-state index contributed by atoms with van der Waals surface area (Å²) in [7, 11) is 1.60. The molecule has 1 saturated heterocycles. The predicted octanol–water partition coefficient (Wildman–Crippen LogP) is 3.26. The Kier molecular flexibility index (Phi) is 4.87. The Morgan fingerprint density at radius 2 is 2.00 bits per heavy atom. The van der Waals surface area contributed by atoms with Gasteiger partial charge in [-0.3, -0.25) is 9.59 Å². The number of carbonyl (C=O) groups is 2. The Labute approximate surface area is 182 Å². The van der Waals surface area contributed by atoms with Crippen LogP contribution in [0.1, 0.15) is 22.9 Å². The van der Waals surface area contributed by atoms with Crippen LogP contribution in [0, 0.1) is 0 Å². The first-order valence-corrected chi connectivity index (χ1v) is 10.8. The molecule has 3 aromatic rings. The Morgan fingerprint density at radius 3 is 2.80 bits per heavy atom. The lowest BCUT2D eigenvalue weighted by Gasteiger charge is -2.47. The number of amides is 2. The number of hydrogen-bond donors (Lipinski definition) is 1. The van der Waals surface area contributed by atoms with Crippen LogP contribution >= 0.6 is 15.9 Å². The van der Waals surface area contributed by atoms with Gasteiger partial charge in [0.15, 0.2) is 0 Å². The van der Waals surface area contributed by atoms with Crippen LogP contribution in [0.15, 0.2) is 53.0 Å². The van der Waals surface area contributed by atoms with E-state index in [1.54, 1.807) is 16.9 Å². The van der Waals surface area contributed by atoms with E-state index in [9.17, 15) is 9.59 Å². The minimum atomic E-state index is -0.515. The fraction of sp³-hybridized carbons (Fsp3) is 0.304. The Bertz CT molecular complexity index is 1140. The molecule has 2 aliphatic rings. The first kappa shape index (κ1) is 19.3. The highest BCUT2D eigenvalue weighted by Gasteiger charge is 2.48. The summed E-state index contributed by atoms with van der Waals surface area (Å²) >= 11 is 3.55. The molecule has 1 aromatic heterocycles. The zero-order chi connectivity index (χ0) is 20.8. The summed E-state index contributed by atoms with van der Waals surface area (Å²) in [6, 6.07) is 15.3. The number of methoxy groups -OCH3 is 1. The number of H-pyrrole nitrogens is 1. The quantitative estimate of drug-likeness (QED) is 0.640. The fourth-order valence-electron chi connectivity index (χ4n) is 4.74. The maximum absolute atomic E-state index is 13.4. The number of ether oxygens (including phenoxy) is 1. The van der Waals surface area contributed by atoms with Crippen molar-refractivity contribution in [1.82, 2.24) is 14.8 Å². The maximum atomic E-state index is 13.4. The molecular formula is C23H22BrN3O3. The summed E-state index contributed by atoms with van der Waals surface area (Å²) in [6.45, 7) is 0.922. The van der Waals surface area contributed by atoms with E-state index >= 15 is 0 Å². The number of piperazine rings is 1. The highest BCUT2D eigenvalue weighted by molar-refractivity contribution is 9.10. The van der Waals surface area contributed by atoms with Crippen LogP contribution in [0.5, 0.6) is 0 Å². The molecule has 0 spiro atoms. The largest absolute Gasteiger partial charge is 0.383 e. The third-order valence-corrected chi connectivity index (χ3v) is 6.57. The van der Waals surface area contributed by atoms with Gasteiger partial charge in [-0.25, -0.2) is 0 Å². The van der Waals surface area contributed by atoms with Crippen molar-refractivity contribution < 1.29 is 14.3 Å². The van der Waals surface area contributed by atoms with Gasteiger partial charge in [-0.2, -0.15) is 0 Å². The lowest BCUT2D eigenvalue weighted by atomic mass is 9.86. The number of rotatable bonds is 4. The molecule has 3 heterocycles. The SMILES string of the molecule is COCCN1CC(=O)N2C(c3cccc(Br)c3)c3[nH]c4ccccc4c3C[C@H]2C1=O. The first-order valence-electron chi connectivity index (χ1n) is 10.0. The van der Waals surface area contributed by atoms with Gasteiger partial charge in [0.25, 0.3) is 0 Å². The number of carbonyl (C=O) groups excluding carboxylic acids is 2. The average molecular weight is 468 g/mol. The normalized spacial score (nSPS) is 21.1. The monoisotopic (exact) mass is 467 g/mol. The fourth-order valence-corrected chi connectivity index (χ4v) is 5.15. The molecule has 2 aliphatic heterocycles. The van der Waals surface area contributed by atoms with Crippen molar-refractivity contribution in [3.63, 3.8) is 0 Å². The van der Waals surface area contributed by atoms with Crippen LogP contribution in [-0.4, -0.2) is 59.4 Å². The molecule has 1 unspecified atom stereocenters. The van der Waals surface area contributed by atoms with E-state index < -0.39 is 6.04 Å². The van der Waals surface area contributed by atoms with Gasteiger partial charge < -0.3 is 19.5 Å². The van der Waals surface area contributed by atoms with E-state index in [4.69, 9.17) is 4.74 Å². The molecule has 30 heavy (non-hydrogen) atoms. The van der Waals surface area contributed by atoms with Gasteiger partial charge in [0, 0.05) is 41.1 Å². The van der Waals surface area contributed by atoms with Crippen LogP contribution in [0.25, 0.3) is 10.9 Å². The number of nitrogens with one attached hydrogen (secondary N) is 1. The topological polar surface area (TPSA) is 65.6 Å². The molecule has 0 bridgehead atoms. The molecule has 0 radical (unpaired) electrons. The van der Waals surface area contributed by atoms with Crippen LogP contribution < -0.4 is 0 Å². The van der Waals surface area contributed by atoms with Crippen molar-refractivity contribution in [1.29, 1.82) is 0 Å². The molecule has 0 aliphatic carbocycles. The summed E-state index contributed by atoms with van der Waals surface area (Å²) in [6.07, 6.45) is 0.512. The molecular weight excluding hydrogens is 446 g/mol. The van der Waals surface area contributed by atoms with Crippen molar-refractivity contribution in [3.05, 3.63) is 69.8 Å². The molecule has 2 aromatic carbocycles. The second kappa shape index (κ2) is 7.56. The molecule has 2 amide bonds. The minimum Gasteiger partial charge on any atom is -0.383 e. The zero-order valence-electron chi connectivity index (χ0n) is 16.6. The molecule has 2 atom stereocenters. The molecule has 6 nitrogen and oxygen atoms in total. The summed E-state index contributed by atoms with van der Waals surface area (Å²) in [5.74, 6) is -0.0486. The van der Waals surface area contributed by atoms with Crippen molar-refractivity contribution in [2.75, 3.05) is 26.8 Å². The van der Waals surface area contributed by atoms with Gasteiger partial charge in [0.05, 0.1) is 19.2 Å². The number of aromatic nitrogens is 1. The van der Waals surface area contributed by atoms with Crippen LogP contribution in [0.2, 0.25) is 0 Å². The number of benzene rings is 2. The Hall–Kier alpha value is -2.64. The third-order valence-electron chi connectivity index (χ3n) is 6.07. The van der Waals surface area contributed by atoms with Crippen molar-refractivity contribution >= 4 is 38.6 Å². The third kappa shape index (κ3) is 3.04. The number of nitrogens with zero attached hydrogens (tertiary/aromatic N) is 2. The number of para-hydroxylation sites is 1. The first-order chi connectivity index (χ1) is 14.6. The number of hydrogen-bond acceptors (Lipinski definition) is 3. The van der Waals surface area contributed by atoms with Gasteiger partial charge in [-0.15, -0.1) is 0 Å². The minimum absolute atomic E-state index is 0.0115. The summed E-state index contributed by atoms with van der Waals surface area (Å²) in [5, 5.41) is 1.11. The highest BCUT2D eigenvalue weighted by Crippen LogP contribution is 2.42. The van der Waals surface area contributed by atoms with Crippen molar-refractivity contribution in [2.45, 2.75) is 18.5 Å². The average Bonchev–Trinajstić information content (AvgIpc) is 3.12. The summed E-state index contributed by atoms with van der Waals surface area (Å²) < 4.78 is 6.08. The second-order valence-corrected chi connectivity index (χ2v) is 8.71. The van der Waals surface area contributed by atoms with Crippen LogP contribution in [0.3, 0.4) is 0 Å². The molecule has 154 valence electrons. The summed E-state index contributed by atoms with van der Waals surface area (Å²) in [5.41, 5.74) is 4.12. The van der Waals surface area contributed by atoms with Gasteiger partial charge in [-0.05, 0) is 29.3 Å². The standard InChI is InChI=1S/C23H22BrN3O3/c1-30-10-9-26-13-20(28)27-19(23(26)29)12-17-16-7-2-3-8-18(16)25-21(17)22(27)14-5-4-6-15(24)11-14/h2-8,11,19,22,25H,9-10,12-13H2,1H3/t19-,22?/m0/s1. The Balaban J connectivity index is 1.67. The Morgan fingerprint density at radius 1 is 1.17 bits per heavy atom. The molecule has 7 heteroatoms. The smallest absolute Gasteiger partial charge is 0.246 e. The lowest BCUT2D eigenvalue weighted by molar-refractivity contribution is -0.159. The van der Waals surface area contributed by atoms with Gasteiger partial charge in [0.1, 0.15) is 6.04 Å². The molecule has 1 fully saturated rings. The van der Waals surface area contributed by atoms with Crippen LogP contribution in [-0.2, 0) is 20.7 Å². The second-order valence-electron chi connectivity index (χ2n) is 7.79. The number of aromatic amines is 1. The molecule has 0 saturated carbocycles. The van der Waals surface area contributed by atoms with Crippen LogP contribution in [0.4, 0.5) is 0 Å². The summed E-state index contributed by atoms with van der Waals surface area (Å²) in [4.78, 5) is 33.6. The molecule has 1 N–H and O–H groups in total. The van der Waals surface area contributed by atoms with Crippen molar-refractivity contribution in [3.8, 4) is 0 Å². The van der Waals surface area contributed by atoms with E-state index in [0.29, 0.717) is 19.6 Å². The van der Waals surface area contributed by atoms with Gasteiger partial charge in [0.2, 0.25) is 11.8 Å². The van der Waals surface area contributed by atoms with E-state index in [1.807, 2.05) is 42.5 Å². The van der Waals surface area contributed by atoms with Gasteiger partial charge >= 0.3 is 0 Å². The zero-order valence-corrected chi connectivity index (χ0v) is 18.2. The predicted molar refractivity (Wildman–Crippen MR) is 117 cm³/mol. The number of fused-ring (bicyclic) bond motifs is 4. The van der Waals surface area contributed by atoms with Crippen molar-refractivity contribution in [2.24, 2.45) is 0 Å². The van der Waals surface area contributed by atoms with E-state index in [0.717, 1.165) is 32.2 Å². The number of halogens is 1. The van der Waals surface area contributed by atoms with E-state index in [-0.39, 0.29) is 24.4 Å². The van der Waals surface area contributed by atoms with E-state index in [2.05, 4.69) is 27.0 Å². The van der Waals surface area contributed by atoms with E-state index in [1.165, 1.54) is 0 Å². The maximum Gasteiger partial charge on any atom is 0.246 e. The van der Waals surface area contributed by atoms with Gasteiger partial charge in [-0.1, -0.05) is 46.3 Å². The lowest BCUT2D eigenvalue weighted by Crippen LogP contribution is -2.63. The molecule has 5 rings (SSSR count). The highest BCUT2D eigenvalue weighted by atomic mass is 79.9.